The second-order valence-corrected chi connectivity index (χ2v) is 8.39. The van der Waals surface area contributed by atoms with Crippen molar-refractivity contribution in [3.63, 3.8) is 0 Å². The van der Waals surface area contributed by atoms with Gasteiger partial charge in [0, 0.05) is 18.0 Å². The molecule has 1 amide bonds. The van der Waals surface area contributed by atoms with Crippen LogP contribution in [0, 0.1) is 16.7 Å². The SMILES string of the molecule is CC(C)CC1(C(=O)NCC2NCCCC2(C)C)CCCC1. The molecular weight excluding hydrogens is 260 g/mol. The Kier molecular flexibility index (Phi) is 5.34. The molecule has 0 aromatic rings. The van der Waals surface area contributed by atoms with Crippen molar-refractivity contribution in [3.8, 4) is 0 Å². The largest absolute Gasteiger partial charge is 0.354 e. The van der Waals surface area contributed by atoms with Gasteiger partial charge in [-0.15, -0.1) is 0 Å². The van der Waals surface area contributed by atoms with Crippen molar-refractivity contribution >= 4 is 5.91 Å². The number of hydrogen-bond acceptors (Lipinski definition) is 2. The summed E-state index contributed by atoms with van der Waals surface area (Å²) in [7, 11) is 0. The van der Waals surface area contributed by atoms with Crippen LogP contribution in [-0.4, -0.2) is 25.0 Å². The van der Waals surface area contributed by atoms with E-state index in [9.17, 15) is 4.79 Å². The molecule has 2 N–H and O–H groups in total. The first-order valence-corrected chi connectivity index (χ1v) is 8.87. The van der Waals surface area contributed by atoms with Gasteiger partial charge in [0.25, 0.3) is 0 Å². The smallest absolute Gasteiger partial charge is 0.226 e. The fraction of sp³-hybridized carbons (Fsp3) is 0.944. The van der Waals surface area contributed by atoms with Gasteiger partial charge in [-0.2, -0.15) is 0 Å². The molecular formula is C18H34N2O. The van der Waals surface area contributed by atoms with Crippen molar-refractivity contribution in [1.82, 2.24) is 10.6 Å². The summed E-state index contributed by atoms with van der Waals surface area (Å²) in [4.78, 5) is 12.8. The van der Waals surface area contributed by atoms with Crippen molar-refractivity contribution < 1.29 is 4.79 Å². The fourth-order valence-corrected chi connectivity index (χ4v) is 4.36. The molecule has 3 nitrogen and oxygen atoms in total. The third kappa shape index (κ3) is 4.00. The summed E-state index contributed by atoms with van der Waals surface area (Å²) >= 11 is 0. The summed E-state index contributed by atoms with van der Waals surface area (Å²) in [5.41, 5.74) is 0.208. The zero-order chi connectivity index (χ0) is 15.5. The molecule has 0 radical (unpaired) electrons. The molecule has 3 heteroatoms. The minimum atomic E-state index is -0.0764. The van der Waals surface area contributed by atoms with Gasteiger partial charge in [0.2, 0.25) is 5.91 Å². The second-order valence-electron chi connectivity index (χ2n) is 8.39. The summed E-state index contributed by atoms with van der Waals surface area (Å²) in [6.45, 7) is 11.0. The molecule has 21 heavy (non-hydrogen) atoms. The first-order chi connectivity index (χ1) is 9.86. The van der Waals surface area contributed by atoms with E-state index in [4.69, 9.17) is 0 Å². The highest BCUT2D eigenvalue weighted by atomic mass is 16.2. The predicted molar refractivity (Wildman–Crippen MR) is 88.2 cm³/mol. The van der Waals surface area contributed by atoms with Crippen molar-refractivity contribution in [2.45, 2.75) is 78.7 Å². The Morgan fingerprint density at radius 3 is 2.43 bits per heavy atom. The minimum Gasteiger partial charge on any atom is -0.354 e. The maximum absolute atomic E-state index is 12.8. The van der Waals surface area contributed by atoms with Crippen LogP contribution in [0.4, 0.5) is 0 Å². The third-order valence-electron chi connectivity index (χ3n) is 5.64. The zero-order valence-electron chi connectivity index (χ0n) is 14.4. The first kappa shape index (κ1) is 16.8. The lowest BCUT2D eigenvalue weighted by atomic mass is 9.76. The molecule has 1 atom stereocenters. The lowest BCUT2D eigenvalue weighted by Gasteiger charge is -2.40. The molecule has 1 aliphatic heterocycles. The Morgan fingerprint density at radius 1 is 1.19 bits per heavy atom. The number of amides is 1. The Hall–Kier alpha value is -0.570. The normalized spacial score (nSPS) is 27.8. The van der Waals surface area contributed by atoms with E-state index in [1.165, 1.54) is 25.7 Å². The number of carbonyl (C=O) groups is 1. The van der Waals surface area contributed by atoms with Crippen LogP contribution in [0.2, 0.25) is 0 Å². The predicted octanol–water partition coefficient (Wildman–Crippen LogP) is 3.49. The highest BCUT2D eigenvalue weighted by Crippen LogP contribution is 2.43. The molecule has 122 valence electrons. The maximum atomic E-state index is 12.8. The molecule has 1 saturated carbocycles. The van der Waals surface area contributed by atoms with Gasteiger partial charge in [-0.1, -0.05) is 40.5 Å². The Morgan fingerprint density at radius 2 is 1.86 bits per heavy atom. The van der Waals surface area contributed by atoms with Crippen LogP contribution < -0.4 is 10.6 Å². The quantitative estimate of drug-likeness (QED) is 0.815. The van der Waals surface area contributed by atoms with E-state index in [1.807, 2.05) is 0 Å². The molecule has 1 aliphatic carbocycles. The van der Waals surface area contributed by atoms with Crippen LogP contribution in [0.25, 0.3) is 0 Å². The third-order valence-corrected chi connectivity index (χ3v) is 5.64. The summed E-state index contributed by atoms with van der Waals surface area (Å²) in [5.74, 6) is 0.912. The lowest BCUT2D eigenvalue weighted by molar-refractivity contribution is -0.132. The van der Waals surface area contributed by atoms with Crippen LogP contribution in [-0.2, 0) is 4.79 Å². The molecule has 0 aromatic heterocycles. The highest BCUT2D eigenvalue weighted by Gasteiger charge is 2.42. The lowest BCUT2D eigenvalue weighted by Crippen LogP contribution is -2.54. The Labute approximate surface area is 130 Å². The standard InChI is InChI=1S/C18H34N2O/c1-14(2)12-18(9-5-6-10-18)16(21)20-13-15-17(3,4)8-7-11-19-15/h14-15,19H,5-13H2,1-4H3,(H,20,21). The number of piperidine rings is 1. The highest BCUT2D eigenvalue weighted by molar-refractivity contribution is 5.83. The van der Waals surface area contributed by atoms with E-state index in [0.717, 1.165) is 32.4 Å². The van der Waals surface area contributed by atoms with E-state index in [1.54, 1.807) is 0 Å². The average molecular weight is 294 g/mol. The van der Waals surface area contributed by atoms with Crippen molar-refractivity contribution in [2.75, 3.05) is 13.1 Å². The van der Waals surface area contributed by atoms with E-state index >= 15 is 0 Å². The van der Waals surface area contributed by atoms with Crippen LogP contribution in [0.1, 0.15) is 72.6 Å². The number of hydrogen-bond donors (Lipinski definition) is 2. The Balaban J connectivity index is 1.93. The van der Waals surface area contributed by atoms with Gasteiger partial charge in [0.05, 0.1) is 0 Å². The maximum Gasteiger partial charge on any atom is 0.226 e. The molecule has 2 fully saturated rings. The zero-order valence-corrected chi connectivity index (χ0v) is 14.4. The van der Waals surface area contributed by atoms with Crippen LogP contribution in [0.15, 0.2) is 0 Å². The average Bonchev–Trinajstić information content (AvgIpc) is 2.85. The fourth-order valence-electron chi connectivity index (χ4n) is 4.36. The van der Waals surface area contributed by atoms with Gasteiger partial charge in [-0.25, -0.2) is 0 Å². The Bertz CT molecular complexity index is 356. The molecule has 0 bridgehead atoms. The van der Waals surface area contributed by atoms with Crippen LogP contribution in [0.5, 0.6) is 0 Å². The summed E-state index contributed by atoms with van der Waals surface area (Å²) in [6, 6.07) is 0.410. The van der Waals surface area contributed by atoms with Gasteiger partial charge < -0.3 is 10.6 Å². The molecule has 1 heterocycles. The van der Waals surface area contributed by atoms with Gasteiger partial charge in [-0.05, 0) is 50.0 Å². The van der Waals surface area contributed by atoms with E-state index in [2.05, 4.69) is 38.3 Å². The summed E-state index contributed by atoms with van der Waals surface area (Å²) < 4.78 is 0. The monoisotopic (exact) mass is 294 g/mol. The van der Waals surface area contributed by atoms with E-state index < -0.39 is 0 Å². The number of rotatable bonds is 5. The van der Waals surface area contributed by atoms with Gasteiger partial charge in [0.1, 0.15) is 0 Å². The topological polar surface area (TPSA) is 41.1 Å². The van der Waals surface area contributed by atoms with Crippen LogP contribution >= 0.6 is 0 Å². The molecule has 1 unspecified atom stereocenters. The first-order valence-electron chi connectivity index (χ1n) is 8.87. The second kappa shape index (κ2) is 6.68. The van der Waals surface area contributed by atoms with Crippen LogP contribution in [0.3, 0.4) is 0 Å². The molecule has 1 saturated heterocycles. The van der Waals surface area contributed by atoms with Gasteiger partial charge in [0.15, 0.2) is 0 Å². The van der Waals surface area contributed by atoms with Crippen molar-refractivity contribution in [1.29, 1.82) is 0 Å². The molecule has 0 spiro atoms. The summed E-state index contributed by atoms with van der Waals surface area (Å²) in [5, 5.41) is 6.89. The number of carbonyl (C=O) groups excluding carboxylic acids is 1. The molecule has 0 aromatic carbocycles. The summed E-state index contributed by atoms with van der Waals surface area (Å²) in [6.07, 6.45) is 8.13. The number of nitrogens with one attached hydrogen (secondary N) is 2. The van der Waals surface area contributed by atoms with E-state index in [0.29, 0.717) is 17.9 Å². The van der Waals surface area contributed by atoms with E-state index in [-0.39, 0.29) is 10.8 Å². The minimum absolute atomic E-state index is 0.0764. The van der Waals surface area contributed by atoms with Gasteiger partial charge >= 0.3 is 0 Å². The molecule has 2 rings (SSSR count). The molecule has 2 aliphatic rings. The van der Waals surface area contributed by atoms with Gasteiger partial charge in [-0.3, -0.25) is 4.79 Å². The van der Waals surface area contributed by atoms with Crippen molar-refractivity contribution in [2.24, 2.45) is 16.7 Å². The van der Waals surface area contributed by atoms with Crippen molar-refractivity contribution in [3.05, 3.63) is 0 Å².